The molecule has 1 aromatic rings. The maximum atomic E-state index is 15.0. The fourth-order valence-electron chi connectivity index (χ4n) is 3.53. The van der Waals surface area contributed by atoms with E-state index in [2.05, 4.69) is 5.32 Å². The van der Waals surface area contributed by atoms with Crippen molar-refractivity contribution in [3.05, 3.63) is 29.6 Å². The molecule has 3 rings (SSSR count). The van der Waals surface area contributed by atoms with Crippen molar-refractivity contribution in [2.45, 2.75) is 49.9 Å². The number of hydrogen-bond acceptors (Lipinski definition) is 2. The van der Waals surface area contributed by atoms with Gasteiger partial charge in [0.25, 0.3) is 0 Å². The summed E-state index contributed by atoms with van der Waals surface area (Å²) in [4.78, 5) is 0. The van der Waals surface area contributed by atoms with Crippen LogP contribution in [0.15, 0.2) is 18.2 Å². The van der Waals surface area contributed by atoms with Gasteiger partial charge in [-0.3, -0.25) is 0 Å². The lowest BCUT2D eigenvalue weighted by atomic mass is 9.84. The van der Waals surface area contributed by atoms with Crippen LogP contribution in [0, 0.1) is 5.82 Å². The Kier molecular flexibility index (Phi) is 3.21. The van der Waals surface area contributed by atoms with Gasteiger partial charge in [-0.05, 0) is 37.3 Å². The Morgan fingerprint density at radius 2 is 2.00 bits per heavy atom. The normalized spacial score (nSPS) is 33.4. The molecule has 2 nitrogen and oxygen atoms in total. The molecule has 2 saturated heterocycles. The zero-order valence-electron chi connectivity index (χ0n) is 11.1. The van der Waals surface area contributed by atoms with E-state index in [-0.39, 0.29) is 24.3 Å². The van der Waals surface area contributed by atoms with E-state index >= 15 is 0 Å². The Labute approximate surface area is 112 Å². The van der Waals surface area contributed by atoms with Crippen molar-refractivity contribution in [2.24, 2.45) is 0 Å². The van der Waals surface area contributed by atoms with Gasteiger partial charge in [0.1, 0.15) is 5.67 Å². The first-order valence-corrected chi connectivity index (χ1v) is 6.86. The van der Waals surface area contributed by atoms with Gasteiger partial charge in [0, 0.05) is 18.5 Å². The van der Waals surface area contributed by atoms with Crippen LogP contribution in [0.4, 0.5) is 8.78 Å². The Morgan fingerprint density at radius 1 is 1.32 bits per heavy atom. The number of ether oxygens (including phenoxy) is 1. The van der Waals surface area contributed by atoms with Gasteiger partial charge in [0.05, 0.1) is 7.11 Å². The van der Waals surface area contributed by atoms with E-state index in [9.17, 15) is 8.78 Å². The van der Waals surface area contributed by atoms with Crippen molar-refractivity contribution in [3.63, 3.8) is 0 Å². The van der Waals surface area contributed by atoms with Gasteiger partial charge in [-0.2, -0.15) is 0 Å². The molecule has 104 valence electrons. The quantitative estimate of drug-likeness (QED) is 0.909. The van der Waals surface area contributed by atoms with Crippen LogP contribution in [0.3, 0.4) is 0 Å². The molecule has 1 N–H and O–H groups in total. The van der Waals surface area contributed by atoms with Gasteiger partial charge >= 0.3 is 0 Å². The number of methoxy groups -OCH3 is 1. The topological polar surface area (TPSA) is 21.3 Å². The number of nitrogens with one attached hydrogen (secondary N) is 1. The van der Waals surface area contributed by atoms with E-state index in [1.807, 2.05) is 0 Å². The van der Waals surface area contributed by atoms with Gasteiger partial charge in [-0.1, -0.05) is 12.1 Å². The molecule has 0 radical (unpaired) electrons. The third-order valence-electron chi connectivity index (χ3n) is 4.33. The number of hydrogen-bond donors (Lipinski definition) is 1. The maximum Gasteiger partial charge on any atom is 0.168 e. The average Bonchev–Trinajstić information content (AvgIpc) is 2.72. The molecule has 0 spiro atoms. The third-order valence-corrected chi connectivity index (χ3v) is 4.33. The highest BCUT2D eigenvalue weighted by molar-refractivity contribution is 5.32. The molecule has 2 unspecified atom stereocenters. The van der Waals surface area contributed by atoms with Gasteiger partial charge in [-0.15, -0.1) is 0 Å². The summed E-state index contributed by atoms with van der Waals surface area (Å²) in [5.74, 6) is -0.231. The van der Waals surface area contributed by atoms with Crippen LogP contribution in [-0.2, 0) is 6.42 Å². The van der Waals surface area contributed by atoms with Crippen LogP contribution >= 0.6 is 0 Å². The number of fused-ring (bicyclic) bond motifs is 2. The molecule has 2 bridgehead atoms. The standard InChI is InChI=1S/C15H19F2NO/c1-19-13-4-2-3-10(14(13)16)7-15(17)8-11-5-6-12(9-15)18-11/h2-4,11-12,18H,5-9H2,1H3. The highest BCUT2D eigenvalue weighted by Gasteiger charge is 2.44. The lowest BCUT2D eigenvalue weighted by molar-refractivity contribution is 0.0882. The molecular weight excluding hydrogens is 248 g/mol. The largest absolute Gasteiger partial charge is 0.494 e. The molecule has 2 aliphatic rings. The fraction of sp³-hybridized carbons (Fsp3) is 0.600. The molecule has 19 heavy (non-hydrogen) atoms. The summed E-state index contributed by atoms with van der Waals surface area (Å²) < 4.78 is 34.0. The maximum absolute atomic E-state index is 15.0. The van der Waals surface area contributed by atoms with Crippen molar-refractivity contribution >= 4 is 0 Å². The molecule has 0 aromatic heterocycles. The summed E-state index contributed by atoms with van der Waals surface area (Å²) in [6, 6.07) is 5.46. The summed E-state index contributed by atoms with van der Waals surface area (Å²) in [6.07, 6.45) is 3.19. The number of benzene rings is 1. The highest BCUT2D eigenvalue weighted by Crippen LogP contribution is 2.39. The Bertz CT molecular complexity index is 465. The van der Waals surface area contributed by atoms with Gasteiger partial charge in [-0.25, -0.2) is 8.78 Å². The molecule has 1 aromatic carbocycles. The monoisotopic (exact) mass is 267 g/mol. The first-order valence-electron chi connectivity index (χ1n) is 6.86. The third kappa shape index (κ3) is 2.46. The van der Waals surface area contributed by atoms with E-state index in [0.717, 1.165) is 12.8 Å². The molecule has 0 saturated carbocycles. The summed E-state index contributed by atoms with van der Waals surface area (Å²) in [5.41, 5.74) is -0.868. The van der Waals surface area contributed by atoms with Crippen molar-refractivity contribution in [3.8, 4) is 5.75 Å². The smallest absolute Gasteiger partial charge is 0.168 e. The van der Waals surface area contributed by atoms with E-state index < -0.39 is 11.5 Å². The van der Waals surface area contributed by atoms with E-state index in [0.29, 0.717) is 18.4 Å². The molecule has 2 heterocycles. The summed E-state index contributed by atoms with van der Waals surface area (Å²) in [5, 5.41) is 3.41. The SMILES string of the molecule is COc1cccc(CC2(F)CC3CCC(C2)N3)c1F. The van der Waals surface area contributed by atoms with Crippen LogP contribution in [0.5, 0.6) is 5.75 Å². The minimum absolute atomic E-state index is 0.144. The average molecular weight is 267 g/mol. The summed E-state index contributed by atoms with van der Waals surface area (Å²) in [7, 11) is 1.43. The van der Waals surface area contributed by atoms with E-state index in [1.54, 1.807) is 18.2 Å². The van der Waals surface area contributed by atoms with Crippen LogP contribution in [0.1, 0.15) is 31.2 Å². The Morgan fingerprint density at radius 3 is 2.63 bits per heavy atom. The predicted octanol–water partition coefficient (Wildman–Crippen LogP) is 3.00. The molecule has 4 heteroatoms. The fourth-order valence-corrected chi connectivity index (χ4v) is 3.53. The molecule has 2 atom stereocenters. The summed E-state index contributed by atoms with van der Waals surface area (Å²) in [6.45, 7) is 0. The first kappa shape index (κ1) is 12.9. The molecular formula is C15H19F2NO. The second kappa shape index (κ2) is 4.75. The zero-order chi connectivity index (χ0) is 13.5. The Balaban J connectivity index is 1.81. The van der Waals surface area contributed by atoms with Crippen LogP contribution in [0.2, 0.25) is 0 Å². The first-order chi connectivity index (χ1) is 9.09. The second-order valence-electron chi connectivity index (χ2n) is 5.81. The van der Waals surface area contributed by atoms with Crippen molar-refractivity contribution in [2.75, 3.05) is 7.11 Å². The lowest BCUT2D eigenvalue weighted by Crippen LogP contribution is -2.47. The van der Waals surface area contributed by atoms with Crippen LogP contribution in [-0.4, -0.2) is 24.9 Å². The van der Waals surface area contributed by atoms with Crippen molar-refractivity contribution in [1.82, 2.24) is 5.32 Å². The van der Waals surface area contributed by atoms with Gasteiger partial charge in [0.2, 0.25) is 0 Å². The number of halogens is 2. The van der Waals surface area contributed by atoms with Crippen molar-refractivity contribution < 1.29 is 13.5 Å². The molecule has 0 amide bonds. The Hall–Kier alpha value is -1.16. The number of alkyl halides is 1. The van der Waals surface area contributed by atoms with Crippen LogP contribution < -0.4 is 10.1 Å². The minimum atomic E-state index is -1.29. The summed E-state index contributed by atoms with van der Waals surface area (Å²) >= 11 is 0. The number of piperidine rings is 1. The van der Waals surface area contributed by atoms with Crippen LogP contribution in [0.25, 0.3) is 0 Å². The lowest BCUT2D eigenvalue weighted by Gasteiger charge is -2.35. The molecule has 2 fully saturated rings. The zero-order valence-corrected chi connectivity index (χ0v) is 11.1. The van der Waals surface area contributed by atoms with E-state index in [1.165, 1.54) is 7.11 Å². The number of rotatable bonds is 3. The minimum Gasteiger partial charge on any atom is -0.494 e. The molecule has 2 aliphatic heterocycles. The van der Waals surface area contributed by atoms with E-state index in [4.69, 9.17) is 4.74 Å². The van der Waals surface area contributed by atoms with Crippen molar-refractivity contribution in [1.29, 1.82) is 0 Å². The van der Waals surface area contributed by atoms with Gasteiger partial charge < -0.3 is 10.1 Å². The van der Waals surface area contributed by atoms with Gasteiger partial charge in [0.15, 0.2) is 11.6 Å². The molecule has 0 aliphatic carbocycles. The predicted molar refractivity (Wildman–Crippen MR) is 69.7 cm³/mol. The highest BCUT2D eigenvalue weighted by atomic mass is 19.1. The second-order valence-corrected chi connectivity index (χ2v) is 5.81.